The largest absolute Gasteiger partial charge is 0.388 e. The highest BCUT2D eigenvalue weighted by atomic mass is 16.3. The van der Waals surface area contributed by atoms with Crippen molar-refractivity contribution in [1.82, 2.24) is 24.3 Å². The van der Waals surface area contributed by atoms with Crippen molar-refractivity contribution in [2.45, 2.75) is 13.2 Å². The fourth-order valence-electron chi connectivity index (χ4n) is 2.64. The van der Waals surface area contributed by atoms with Crippen LogP contribution >= 0.6 is 0 Å². The Balaban J connectivity index is 1.70. The number of imidazole rings is 1. The van der Waals surface area contributed by atoms with E-state index in [-0.39, 0.29) is 6.61 Å². The lowest BCUT2D eigenvalue weighted by atomic mass is 10.3. The molecule has 1 N–H and O–H groups in total. The van der Waals surface area contributed by atoms with Crippen LogP contribution in [0.2, 0.25) is 0 Å². The third kappa shape index (κ3) is 2.49. The van der Waals surface area contributed by atoms with Gasteiger partial charge in [-0.25, -0.2) is 14.6 Å². The third-order valence-electron chi connectivity index (χ3n) is 3.73. The molecule has 2 aromatic heterocycles. The highest BCUT2D eigenvalue weighted by Gasteiger charge is 2.12. The van der Waals surface area contributed by atoms with Crippen molar-refractivity contribution in [2.24, 2.45) is 0 Å². The van der Waals surface area contributed by atoms with E-state index in [9.17, 15) is 5.11 Å². The standard InChI is InChI=1S/C17H15N5O/c23-11-17-19-14-8-4-5-9-15(14)21(17)10-16-18-12-22(20-16)13-6-2-1-3-7-13/h1-9,12,23H,10-11H2. The van der Waals surface area contributed by atoms with Crippen molar-refractivity contribution in [1.29, 1.82) is 0 Å². The summed E-state index contributed by atoms with van der Waals surface area (Å²) in [5.41, 5.74) is 2.79. The smallest absolute Gasteiger partial charge is 0.170 e. The number of rotatable bonds is 4. The highest BCUT2D eigenvalue weighted by Crippen LogP contribution is 2.17. The van der Waals surface area contributed by atoms with Crippen molar-refractivity contribution < 1.29 is 5.11 Å². The SMILES string of the molecule is OCc1nc2ccccc2n1Cc1ncn(-c2ccccc2)n1. The first-order valence-corrected chi connectivity index (χ1v) is 7.36. The van der Waals surface area contributed by atoms with Gasteiger partial charge in [-0.3, -0.25) is 0 Å². The summed E-state index contributed by atoms with van der Waals surface area (Å²) in [6.45, 7) is 0.352. The van der Waals surface area contributed by atoms with E-state index in [1.165, 1.54) is 0 Å². The van der Waals surface area contributed by atoms with E-state index in [1.807, 2.05) is 59.2 Å². The molecule has 0 spiro atoms. The maximum absolute atomic E-state index is 9.55. The van der Waals surface area contributed by atoms with E-state index in [2.05, 4.69) is 15.1 Å². The van der Waals surface area contributed by atoms with Crippen LogP contribution in [0.1, 0.15) is 11.6 Å². The Morgan fingerprint density at radius 1 is 0.957 bits per heavy atom. The Labute approximate surface area is 132 Å². The Kier molecular flexibility index (Phi) is 3.36. The van der Waals surface area contributed by atoms with Crippen LogP contribution in [0.3, 0.4) is 0 Å². The Hall–Kier alpha value is -2.99. The van der Waals surface area contributed by atoms with Gasteiger partial charge in [0.25, 0.3) is 0 Å². The maximum Gasteiger partial charge on any atom is 0.170 e. The first-order valence-electron chi connectivity index (χ1n) is 7.36. The summed E-state index contributed by atoms with van der Waals surface area (Å²) in [4.78, 5) is 8.81. The first kappa shape index (κ1) is 13.7. The minimum Gasteiger partial charge on any atom is -0.388 e. The zero-order valence-corrected chi connectivity index (χ0v) is 12.4. The molecule has 23 heavy (non-hydrogen) atoms. The maximum atomic E-state index is 9.55. The number of nitrogens with zero attached hydrogens (tertiary/aromatic N) is 5. The summed E-state index contributed by atoms with van der Waals surface area (Å²) in [6, 6.07) is 17.6. The van der Waals surface area contributed by atoms with Crippen molar-refractivity contribution in [2.75, 3.05) is 0 Å². The van der Waals surface area contributed by atoms with Gasteiger partial charge in [-0.15, -0.1) is 5.10 Å². The van der Waals surface area contributed by atoms with Gasteiger partial charge in [0.15, 0.2) is 5.82 Å². The topological polar surface area (TPSA) is 68.8 Å². The van der Waals surface area contributed by atoms with Gasteiger partial charge < -0.3 is 9.67 Å². The lowest BCUT2D eigenvalue weighted by Gasteiger charge is -2.04. The second-order valence-corrected chi connectivity index (χ2v) is 5.20. The van der Waals surface area contributed by atoms with Crippen LogP contribution in [0.5, 0.6) is 0 Å². The van der Waals surface area contributed by atoms with Crippen molar-refractivity contribution in [3.63, 3.8) is 0 Å². The van der Waals surface area contributed by atoms with Gasteiger partial charge >= 0.3 is 0 Å². The minimum atomic E-state index is -0.117. The summed E-state index contributed by atoms with van der Waals surface area (Å²) in [7, 11) is 0. The lowest BCUT2D eigenvalue weighted by Crippen LogP contribution is -2.07. The molecule has 6 heteroatoms. The number of aromatic nitrogens is 5. The average Bonchev–Trinajstić information content (AvgIpc) is 3.21. The molecule has 0 unspecified atom stereocenters. The van der Waals surface area contributed by atoms with Crippen molar-refractivity contribution in [3.8, 4) is 5.69 Å². The fourth-order valence-corrected chi connectivity index (χ4v) is 2.64. The molecule has 0 saturated heterocycles. The predicted molar refractivity (Wildman–Crippen MR) is 86.1 cm³/mol. The highest BCUT2D eigenvalue weighted by molar-refractivity contribution is 5.75. The van der Waals surface area contributed by atoms with Gasteiger partial charge in [0.1, 0.15) is 18.8 Å². The molecule has 2 heterocycles. The van der Waals surface area contributed by atoms with Gasteiger partial charge in [0.05, 0.1) is 23.3 Å². The van der Waals surface area contributed by atoms with Gasteiger partial charge in [0.2, 0.25) is 0 Å². The summed E-state index contributed by atoms with van der Waals surface area (Å²) in [5, 5.41) is 14.1. The number of fused-ring (bicyclic) bond motifs is 1. The lowest BCUT2D eigenvalue weighted by molar-refractivity contribution is 0.266. The number of aliphatic hydroxyl groups is 1. The minimum absolute atomic E-state index is 0.117. The van der Waals surface area contributed by atoms with Crippen LogP contribution in [0.15, 0.2) is 60.9 Å². The first-order chi connectivity index (χ1) is 11.3. The molecule has 6 nitrogen and oxygen atoms in total. The van der Waals surface area contributed by atoms with Crippen LogP contribution in [0, 0.1) is 0 Å². The molecule has 114 valence electrons. The fraction of sp³-hybridized carbons (Fsp3) is 0.118. The number of benzene rings is 2. The van der Waals surface area contributed by atoms with E-state index >= 15 is 0 Å². The molecule has 0 bridgehead atoms. The monoisotopic (exact) mass is 305 g/mol. The molecule has 0 amide bonds. The Morgan fingerprint density at radius 2 is 1.74 bits per heavy atom. The van der Waals surface area contributed by atoms with E-state index < -0.39 is 0 Å². The Morgan fingerprint density at radius 3 is 2.57 bits per heavy atom. The van der Waals surface area contributed by atoms with Crippen molar-refractivity contribution >= 4 is 11.0 Å². The van der Waals surface area contributed by atoms with Crippen molar-refractivity contribution in [3.05, 3.63) is 72.6 Å². The molecule has 0 aliphatic carbocycles. The summed E-state index contributed by atoms with van der Waals surface area (Å²) in [6.07, 6.45) is 1.70. The van der Waals surface area contributed by atoms with Crippen LogP contribution < -0.4 is 0 Å². The number of aliphatic hydroxyl groups excluding tert-OH is 1. The summed E-state index contributed by atoms with van der Waals surface area (Å²) < 4.78 is 3.69. The van der Waals surface area contributed by atoms with Gasteiger partial charge in [-0.05, 0) is 24.3 Å². The summed E-state index contributed by atoms with van der Waals surface area (Å²) in [5.74, 6) is 1.29. The molecule has 0 fully saturated rings. The average molecular weight is 305 g/mol. The molecular formula is C17H15N5O. The molecular weight excluding hydrogens is 290 g/mol. The zero-order chi connectivity index (χ0) is 15.6. The predicted octanol–water partition coefficient (Wildman–Crippen LogP) is 2.16. The molecule has 0 radical (unpaired) electrons. The van der Waals surface area contributed by atoms with E-state index in [4.69, 9.17) is 0 Å². The quantitative estimate of drug-likeness (QED) is 0.627. The van der Waals surface area contributed by atoms with E-state index in [0.29, 0.717) is 18.2 Å². The molecule has 2 aromatic carbocycles. The second kappa shape index (κ2) is 5.66. The van der Waals surface area contributed by atoms with Crippen LogP contribution in [-0.4, -0.2) is 29.4 Å². The van der Waals surface area contributed by atoms with Gasteiger partial charge in [-0.2, -0.15) is 0 Å². The van der Waals surface area contributed by atoms with Gasteiger partial charge in [0, 0.05) is 0 Å². The molecule has 4 rings (SSSR count). The molecule has 0 aliphatic rings. The van der Waals surface area contributed by atoms with Crippen LogP contribution in [-0.2, 0) is 13.2 Å². The molecule has 0 aliphatic heterocycles. The van der Waals surface area contributed by atoms with E-state index in [1.54, 1.807) is 11.0 Å². The number of hydrogen-bond acceptors (Lipinski definition) is 4. The number of hydrogen-bond donors (Lipinski definition) is 1. The number of para-hydroxylation sites is 3. The molecule has 0 atom stereocenters. The van der Waals surface area contributed by atoms with Crippen LogP contribution in [0.4, 0.5) is 0 Å². The third-order valence-corrected chi connectivity index (χ3v) is 3.73. The van der Waals surface area contributed by atoms with Gasteiger partial charge in [-0.1, -0.05) is 30.3 Å². The van der Waals surface area contributed by atoms with E-state index in [0.717, 1.165) is 16.7 Å². The summed E-state index contributed by atoms with van der Waals surface area (Å²) >= 11 is 0. The molecule has 0 saturated carbocycles. The second-order valence-electron chi connectivity index (χ2n) is 5.20. The zero-order valence-electron chi connectivity index (χ0n) is 12.4. The van der Waals surface area contributed by atoms with Crippen LogP contribution in [0.25, 0.3) is 16.7 Å². The normalized spacial score (nSPS) is 11.2. The molecule has 4 aromatic rings. The Bertz CT molecular complexity index is 942.